The molecule has 160 valence electrons. The lowest BCUT2D eigenvalue weighted by Gasteiger charge is -2.13. The molecule has 0 aliphatic heterocycles. The molecule has 31 heavy (non-hydrogen) atoms. The zero-order valence-electron chi connectivity index (χ0n) is 15.4. The van der Waals surface area contributed by atoms with Crippen LogP contribution in [0.3, 0.4) is 0 Å². The van der Waals surface area contributed by atoms with Gasteiger partial charge < -0.3 is 9.72 Å². The minimum atomic E-state index is -5.00. The van der Waals surface area contributed by atoms with Crippen LogP contribution in [0, 0.1) is 0 Å². The Bertz CT molecular complexity index is 1380. The third kappa shape index (κ3) is 3.96. The SMILES string of the molecule is Cn1nc(-c2nc(C(F)(F)F)c(Oc3ccc(Cl)c(Cl)c3)c(=O)[nH]2)c2c(Cl)cccc21. The third-order valence-corrected chi connectivity index (χ3v) is 5.36. The Morgan fingerprint density at radius 1 is 1.06 bits per heavy atom. The van der Waals surface area contributed by atoms with Crippen molar-refractivity contribution in [3.05, 3.63) is 67.5 Å². The average molecular weight is 490 g/mol. The van der Waals surface area contributed by atoms with Gasteiger partial charge in [0.05, 0.1) is 20.6 Å². The Balaban J connectivity index is 1.91. The van der Waals surface area contributed by atoms with E-state index in [0.29, 0.717) is 10.9 Å². The van der Waals surface area contributed by atoms with Gasteiger partial charge in [0.2, 0.25) is 5.75 Å². The summed E-state index contributed by atoms with van der Waals surface area (Å²) in [6, 6.07) is 8.69. The monoisotopic (exact) mass is 488 g/mol. The standard InChI is InChI=1S/C19H10Cl3F3N4O2/c1-29-12-4-2-3-10(21)13(12)14(28-29)17-26-16(19(23,24)25)15(18(30)27-17)31-8-5-6-9(20)11(22)7-8/h2-7H,1H3,(H,26,27,30). The topological polar surface area (TPSA) is 72.8 Å². The molecule has 0 bridgehead atoms. The van der Waals surface area contributed by atoms with Gasteiger partial charge in [0.15, 0.2) is 11.5 Å². The molecule has 1 N–H and O–H groups in total. The molecule has 0 atom stereocenters. The van der Waals surface area contributed by atoms with Gasteiger partial charge in [-0.1, -0.05) is 40.9 Å². The normalized spacial score (nSPS) is 11.8. The van der Waals surface area contributed by atoms with Crippen LogP contribution in [0.15, 0.2) is 41.2 Å². The second-order valence-electron chi connectivity index (χ2n) is 6.37. The molecule has 12 heteroatoms. The Kier molecular flexibility index (Phi) is 5.36. The van der Waals surface area contributed by atoms with E-state index in [4.69, 9.17) is 39.5 Å². The van der Waals surface area contributed by atoms with E-state index in [1.54, 1.807) is 25.2 Å². The Labute approximate surface area is 187 Å². The van der Waals surface area contributed by atoms with Crippen molar-refractivity contribution in [2.45, 2.75) is 6.18 Å². The Morgan fingerprint density at radius 2 is 1.81 bits per heavy atom. The summed E-state index contributed by atoms with van der Waals surface area (Å²) >= 11 is 17.9. The van der Waals surface area contributed by atoms with Crippen molar-refractivity contribution in [3.63, 3.8) is 0 Å². The smallest absolute Gasteiger partial charge is 0.437 e. The van der Waals surface area contributed by atoms with E-state index >= 15 is 0 Å². The van der Waals surface area contributed by atoms with Crippen LogP contribution < -0.4 is 10.3 Å². The van der Waals surface area contributed by atoms with E-state index < -0.39 is 29.0 Å². The molecule has 0 fully saturated rings. The Morgan fingerprint density at radius 3 is 2.48 bits per heavy atom. The zero-order valence-corrected chi connectivity index (χ0v) is 17.7. The van der Waals surface area contributed by atoms with Crippen molar-refractivity contribution in [2.24, 2.45) is 7.05 Å². The summed E-state index contributed by atoms with van der Waals surface area (Å²) in [5.74, 6) is -1.57. The lowest BCUT2D eigenvalue weighted by Crippen LogP contribution is -2.21. The largest absolute Gasteiger partial charge is 0.449 e. The zero-order chi connectivity index (χ0) is 22.5. The first-order chi connectivity index (χ1) is 14.6. The minimum absolute atomic E-state index is 0.00760. The fraction of sp³-hybridized carbons (Fsp3) is 0.105. The molecule has 2 aromatic carbocycles. The lowest BCUT2D eigenvalue weighted by atomic mass is 10.2. The first-order valence-electron chi connectivity index (χ1n) is 8.52. The summed E-state index contributed by atoms with van der Waals surface area (Å²) in [6.07, 6.45) is -5.00. The number of aryl methyl sites for hydroxylation is 1. The second kappa shape index (κ2) is 7.74. The molecule has 0 spiro atoms. The quantitative estimate of drug-likeness (QED) is 0.378. The van der Waals surface area contributed by atoms with Gasteiger partial charge in [-0.3, -0.25) is 9.48 Å². The van der Waals surface area contributed by atoms with Crippen LogP contribution in [0.2, 0.25) is 15.1 Å². The number of benzene rings is 2. The summed E-state index contributed by atoms with van der Waals surface area (Å²) < 4.78 is 47.9. The minimum Gasteiger partial charge on any atom is -0.449 e. The number of nitrogens with zero attached hydrogens (tertiary/aromatic N) is 3. The van der Waals surface area contributed by atoms with E-state index in [9.17, 15) is 18.0 Å². The fourth-order valence-corrected chi connectivity index (χ4v) is 3.50. The van der Waals surface area contributed by atoms with Crippen LogP contribution in [0.25, 0.3) is 22.4 Å². The molecule has 4 rings (SSSR count). The second-order valence-corrected chi connectivity index (χ2v) is 7.60. The van der Waals surface area contributed by atoms with Crippen molar-refractivity contribution in [2.75, 3.05) is 0 Å². The van der Waals surface area contributed by atoms with Crippen LogP contribution in [0.4, 0.5) is 13.2 Å². The van der Waals surface area contributed by atoms with E-state index in [-0.39, 0.29) is 26.5 Å². The molecule has 0 aliphatic rings. The molecular weight excluding hydrogens is 480 g/mol. The lowest BCUT2D eigenvalue weighted by molar-refractivity contribution is -0.142. The maximum absolute atomic E-state index is 13.8. The third-order valence-electron chi connectivity index (χ3n) is 4.31. The number of hydrogen-bond donors (Lipinski definition) is 1. The van der Waals surface area contributed by atoms with Crippen molar-refractivity contribution in [1.29, 1.82) is 0 Å². The number of H-pyrrole nitrogens is 1. The summed E-state index contributed by atoms with van der Waals surface area (Å²) in [5, 5.41) is 4.99. The highest BCUT2D eigenvalue weighted by atomic mass is 35.5. The molecule has 0 radical (unpaired) electrons. The van der Waals surface area contributed by atoms with E-state index in [2.05, 4.69) is 15.1 Å². The first-order valence-corrected chi connectivity index (χ1v) is 9.65. The number of nitrogens with one attached hydrogen (secondary N) is 1. The molecule has 0 saturated heterocycles. The van der Waals surface area contributed by atoms with Gasteiger partial charge in [-0.25, -0.2) is 4.98 Å². The highest BCUT2D eigenvalue weighted by Gasteiger charge is 2.39. The molecule has 0 aliphatic carbocycles. The number of rotatable bonds is 3. The number of hydrogen-bond acceptors (Lipinski definition) is 4. The van der Waals surface area contributed by atoms with Gasteiger partial charge in [0.1, 0.15) is 11.4 Å². The molecule has 0 saturated carbocycles. The van der Waals surface area contributed by atoms with E-state index in [0.717, 1.165) is 0 Å². The van der Waals surface area contributed by atoms with Crippen molar-refractivity contribution in [3.8, 4) is 23.0 Å². The van der Waals surface area contributed by atoms with Crippen molar-refractivity contribution in [1.82, 2.24) is 19.7 Å². The maximum atomic E-state index is 13.8. The number of aromatic nitrogens is 4. The number of alkyl halides is 3. The number of halogens is 6. The van der Waals surface area contributed by atoms with Gasteiger partial charge in [0, 0.05) is 18.5 Å². The highest BCUT2D eigenvalue weighted by Crippen LogP contribution is 2.38. The molecule has 6 nitrogen and oxygen atoms in total. The fourth-order valence-electron chi connectivity index (χ4n) is 2.96. The van der Waals surface area contributed by atoms with Crippen LogP contribution >= 0.6 is 34.8 Å². The van der Waals surface area contributed by atoms with E-state index in [1.807, 2.05) is 0 Å². The number of fused-ring (bicyclic) bond motifs is 1. The summed E-state index contributed by atoms with van der Waals surface area (Å²) in [7, 11) is 1.59. The summed E-state index contributed by atoms with van der Waals surface area (Å²) in [4.78, 5) is 18.5. The number of ether oxygens (including phenoxy) is 1. The van der Waals surface area contributed by atoms with Gasteiger partial charge in [-0.2, -0.15) is 18.3 Å². The van der Waals surface area contributed by atoms with Crippen molar-refractivity contribution < 1.29 is 17.9 Å². The molecule has 0 unspecified atom stereocenters. The molecule has 0 amide bonds. The van der Waals surface area contributed by atoms with Crippen LogP contribution in [-0.2, 0) is 13.2 Å². The predicted molar refractivity (Wildman–Crippen MR) is 111 cm³/mol. The molecule has 2 heterocycles. The molecular formula is C19H10Cl3F3N4O2. The van der Waals surface area contributed by atoms with Gasteiger partial charge >= 0.3 is 6.18 Å². The molecule has 4 aromatic rings. The first kappa shape index (κ1) is 21.5. The summed E-state index contributed by atoms with van der Waals surface area (Å²) in [6.45, 7) is 0. The van der Waals surface area contributed by atoms with Gasteiger partial charge in [-0.05, 0) is 24.3 Å². The van der Waals surface area contributed by atoms with Gasteiger partial charge in [0.25, 0.3) is 5.56 Å². The Hall–Kier alpha value is -2.75. The maximum Gasteiger partial charge on any atom is 0.437 e. The van der Waals surface area contributed by atoms with E-state index in [1.165, 1.54) is 22.9 Å². The van der Waals surface area contributed by atoms with Gasteiger partial charge in [-0.15, -0.1) is 0 Å². The van der Waals surface area contributed by atoms with Crippen LogP contribution in [-0.4, -0.2) is 19.7 Å². The molecule has 2 aromatic heterocycles. The average Bonchev–Trinajstić information content (AvgIpc) is 3.03. The predicted octanol–water partition coefficient (Wildman–Crippen LogP) is 6.09. The number of aromatic amines is 1. The van der Waals surface area contributed by atoms with Crippen LogP contribution in [0.1, 0.15) is 5.69 Å². The van der Waals surface area contributed by atoms with Crippen LogP contribution in [0.5, 0.6) is 11.5 Å². The highest BCUT2D eigenvalue weighted by molar-refractivity contribution is 6.42. The van der Waals surface area contributed by atoms with Crippen molar-refractivity contribution >= 4 is 45.7 Å². The summed E-state index contributed by atoms with van der Waals surface area (Å²) in [5.41, 5.74) is -2.14.